The number of hydrogen-bond acceptors (Lipinski definition) is 2. The molecule has 0 spiro atoms. The first kappa shape index (κ1) is 13.4. The molecular weight excluding hydrogens is 267 g/mol. The molecule has 0 atom stereocenters. The van der Waals surface area contributed by atoms with Crippen LogP contribution in [0.4, 0.5) is 15.8 Å². The van der Waals surface area contributed by atoms with Gasteiger partial charge in [-0.1, -0.05) is 17.7 Å². The third-order valence-corrected chi connectivity index (χ3v) is 2.96. The first-order chi connectivity index (χ1) is 8.97. The summed E-state index contributed by atoms with van der Waals surface area (Å²) >= 11 is 5.99. The fraction of sp³-hybridized carbons (Fsp3) is 0.0714. The Morgan fingerprint density at radius 1 is 1.26 bits per heavy atom. The first-order valence-corrected chi connectivity index (χ1v) is 5.97. The summed E-state index contributed by atoms with van der Waals surface area (Å²) in [6, 6.07) is 8.91. The van der Waals surface area contributed by atoms with Gasteiger partial charge in [0.15, 0.2) is 0 Å². The molecule has 2 aromatic carbocycles. The van der Waals surface area contributed by atoms with Crippen LogP contribution in [-0.2, 0) is 0 Å². The lowest BCUT2D eigenvalue weighted by atomic mass is 10.1. The number of halogens is 2. The summed E-state index contributed by atoms with van der Waals surface area (Å²) in [5.41, 5.74) is 7.36. The maximum Gasteiger partial charge on any atom is 0.257 e. The SMILES string of the molecule is Cc1ccc(Cl)c(NC(=O)c2ccc(F)cc2N)c1. The van der Waals surface area contributed by atoms with Crippen molar-refractivity contribution in [3.63, 3.8) is 0 Å². The van der Waals surface area contributed by atoms with Crippen molar-refractivity contribution < 1.29 is 9.18 Å². The Morgan fingerprint density at radius 2 is 2.00 bits per heavy atom. The predicted molar refractivity (Wildman–Crippen MR) is 75.0 cm³/mol. The first-order valence-electron chi connectivity index (χ1n) is 5.60. The van der Waals surface area contributed by atoms with Crippen LogP contribution in [0.5, 0.6) is 0 Å². The average Bonchev–Trinajstić information content (AvgIpc) is 2.33. The molecule has 2 rings (SSSR count). The number of benzene rings is 2. The van der Waals surface area contributed by atoms with Crippen molar-refractivity contribution >= 4 is 28.9 Å². The van der Waals surface area contributed by atoms with Crippen LogP contribution in [0.25, 0.3) is 0 Å². The number of rotatable bonds is 2. The second kappa shape index (κ2) is 5.28. The Morgan fingerprint density at radius 3 is 2.68 bits per heavy atom. The molecule has 0 aliphatic heterocycles. The van der Waals surface area contributed by atoms with Crippen LogP contribution in [0.2, 0.25) is 5.02 Å². The third-order valence-electron chi connectivity index (χ3n) is 2.63. The molecule has 2 aromatic rings. The van der Waals surface area contributed by atoms with E-state index in [0.717, 1.165) is 11.6 Å². The van der Waals surface area contributed by atoms with Crippen LogP contribution in [-0.4, -0.2) is 5.91 Å². The van der Waals surface area contributed by atoms with E-state index in [-0.39, 0.29) is 11.3 Å². The predicted octanol–water partition coefficient (Wildman–Crippen LogP) is 3.62. The smallest absolute Gasteiger partial charge is 0.257 e. The number of nitrogens with two attached hydrogens (primary N) is 1. The molecule has 3 N–H and O–H groups in total. The van der Waals surface area contributed by atoms with E-state index in [1.807, 2.05) is 13.0 Å². The van der Waals surface area contributed by atoms with Gasteiger partial charge in [-0.3, -0.25) is 4.79 Å². The summed E-state index contributed by atoms with van der Waals surface area (Å²) in [7, 11) is 0. The molecule has 0 unspecified atom stereocenters. The Bertz CT molecular complexity index is 643. The van der Waals surface area contributed by atoms with Gasteiger partial charge < -0.3 is 11.1 Å². The zero-order valence-electron chi connectivity index (χ0n) is 10.2. The van der Waals surface area contributed by atoms with Crippen molar-refractivity contribution in [3.05, 3.63) is 58.4 Å². The van der Waals surface area contributed by atoms with Crippen LogP contribution in [0, 0.1) is 12.7 Å². The molecule has 19 heavy (non-hydrogen) atoms. The Kier molecular flexibility index (Phi) is 3.71. The highest BCUT2D eigenvalue weighted by Gasteiger charge is 2.12. The maximum absolute atomic E-state index is 12.9. The number of hydrogen-bond donors (Lipinski definition) is 2. The molecule has 0 radical (unpaired) electrons. The van der Waals surface area contributed by atoms with Crippen LogP contribution in [0.3, 0.4) is 0 Å². The number of amides is 1. The number of nitrogen functional groups attached to an aromatic ring is 1. The van der Waals surface area contributed by atoms with Gasteiger partial charge in [-0.2, -0.15) is 0 Å². The van der Waals surface area contributed by atoms with E-state index in [4.69, 9.17) is 17.3 Å². The minimum atomic E-state index is -0.484. The minimum absolute atomic E-state index is 0.0845. The van der Waals surface area contributed by atoms with Crippen molar-refractivity contribution in [3.8, 4) is 0 Å². The highest BCUT2D eigenvalue weighted by molar-refractivity contribution is 6.34. The lowest BCUT2D eigenvalue weighted by molar-refractivity contribution is 0.102. The average molecular weight is 279 g/mol. The summed E-state index contributed by atoms with van der Waals surface area (Å²) < 4.78 is 12.9. The molecule has 0 bridgehead atoms. The fourth-order valence-electron chi connectivity index (χ4n) is 1.66. The Labute approximate surface area is 115 Å². The van der Waals surface area contributed by atoms with Gasteiger partial charge in [0.25, 0.3) is 5.91 Å². The summed E-state index contributed by atoms with van der Waals surface area (Å²) in [4.78, 5) is 12.0. The van der Waals surface area contributed by atoms with E-state index in [0.29, 0.717) is 10.7 Å². The summed E-state index contributed by atoms with van der Waals surface area (Å²) in [5.74, 6) is -0.910. The van der Waals surface area contributed by atoms with E-state index in [1.165, 1.54) is 12.1 Å². The Hall–Kier alpha value is -2.07. The molecule has 0 aromatic heterocycles. The second-order valence-corrected chi connectivity index (χ2v) is 4.58. The van der Waals surface area contributed by atoms with Gasteiger partial charge in [0.2, 0.25) is 0 Å². The topological polar surface area (TPSA) is 55.1 Å². The zero-order valence-corrected chi connectivity index (χ0v) is 11.0. The molecule has 0 heterocycles. The van der Waals surface area contributed by atoms with Gasteiger partial charge >= 0.3 is 0 Å². The van der Waals surface area contributed by atoms with Crippen molar-refractivity contribution in [2.75, 3.05) is 11.1 Å². The van der Waals surface area contributed by atoms with Gasteiger partial charge in [-0.25, -0.2) is 4.39 Å². The van der Waals surface area contributed by atoms with E-state index in [2.05, 4.69) is 5.32 Å². The normalized spacial score (nSPS) is 10.3. The molecule has 5 heteroatoms. The lowest BCUT2D eigenvalue weighted by Gasteiger charge is -2.09. The molecule has 0 saturated heterocycles. The number of carbonyl (C=O) groups excluding carboxylic acids is 1. The number of nitrogens with one attached hydrogen (secondary N) is 1. The van der Waals surface area contributed by atoms with Crippen LogP contribution in [0.15, 0.2) is 36.4 Å². The molecule has 0 fully saturated rings. The van der Waals surface area contributed by atoms with Crippen molar-refractivity contribution in [2.24, 2.45) is 0 Å². The van der Waals surface area contributed by atoms with E-state index in [9.17, 15) is 9.18 Å². The summed E-state index contributed by atoms with van der Waals surface area (Å²) in [5, 5.41) is 3.08. The summed E-state index contributed by atoms with van der Waals surface area (Å²) in [6.45, 7) is 1.89. The van der Waals surface area contributed by atoms with Gasteiger partial charge in [-0.15, -0.1) is 0 Å². The maximum atomic E-state index is 12.9. The van der Waals surface area contributed by atoms with Gasteiger partial charge in [0.1, 0.15) is 5.82 Å². The fourth-order valence-corrected chi connectivity index (χ4v) is 1.83. The number of anilines is 2. The molecule has 0 aliphatic rings. The van der Waals surface area contributed by atoms with E-state index in [1.54, 1.807) is 12.1 Å². The minimum Gasteiger partial charge on any atom is -0.398 e. The van der Waals surface area contributed by atoms with Gasteiger partial charge in [0.05, 0.1) is 16.3 Å². The largest absolute Gasteiger partial charge is 0.398 e. The monoisotopic (exact) mass is 278 g/mol. The molecule has 98 valence electrons. The standard InChI is InChI=1S/C14H12ClFN2O/c1-8-2-5-11(15)13(6-8)18-14(19)10-4-3-9(16)7-12(10)17/h2-7H,17H2,1H3,(H,18,19). The van der Waals surface area contributed by atoms with E-state index >= 15 is 0 Å². The zero-order chi connectivity index (χ0) is 14.0. The van der Waals surface area contributed by atoms with Gasteiger partial charge in [-0.05, 0) is 42.8 Å². The van der Waals surface area contributed by atoms with Crippen LogP contribution >= 0.6 is 11.6 Å². The highest BCUT2D eigenvalue weighted by atomic mass is 35.5. The molecule has 0 saturated carbocycles. The molecule has 0 aliphatic carbocycles. The molecule has 3 nitrogen and oxygen atoms in total. The number of carbonyl (C=O) groups is 1. The highest BCUT2D eigenvalue weighted by Crippen LogP contribution is 2.24. The van der Waals surface area contributed by atoms with Crippen LogP contribution < -0.4 is 11.1 Å². The van der Waals surface area contributed by atoms with Crippen molar-refractivity contribution in [2.45, 2.75) is 6.92 Å². The third kappa shape index (κ3) is 3.03. The van der Waals surface area contributed by atoms with Crippen LogP contribution in [0.1, 0.15) is 15.9 Å². The number of aryl methyl sites for hydroxylation is 1. The second-order valence-electron chi connectivity index (χ2n) is 4.17. The lowest BCUT2D eigenvalue weighted by Crippen LogP contribution is -2.14. The molecule has 1 amide bonds. The molecular formula is C14H12ClFN2O. The summed E-state index contributed by atoms with van der Waals surface area (Å²) in [6.07, 6.45) is 0. The Balaban J connectivity index is 2.28. The van der Waals surface area contributed by atoms with E-state index < -0.39 is 11.7 Å². The van der Waals surface area contributed by atoms with Crippen molar-refractivity contribution in [1.82, 2.24) is 0 Å². The van der Waals surface area contributed by atoms with Crippen molar-refractivity contribution in [1.29, 1.82) is 0 Å². The quantitative estimate of drug-likeness (QED) is 0.824. The van der Waals surface area contributed by atoms with Gasteiger partial charge in [0, 0.05) is 5.69 Å².